The van der Waals surface area contributed by atoms with Gasteiger partial charge in [0.05, 0.1) is 11.6 Å². The Morgan fingerprint density at radius 3 is 2.94 bits per heavy atom. The van der Waals surface area contributed by atoms with Crippen molar-refractivity contribution in [2.45, 2.75) is 12.4 Å². The molecule has 0 unspecified atom stereocenters. The van der Waals surface area contributed by atoms with Crippen LogP contribution in [0.3, 0.4) is 0 Å². The number of hydrogen-bond donors (Lipinski definition) is 1. The zero-order chi connectivity index (χ0) is 12.1. The lowest BCUT2D eigenvalue weighted by molar-refractivity contribution is 0.546. The van der Waals surface area contributed by atoms with Crippen molar-refractivity contribution in [1.82, 2.24) is 4.98 Å². The van der Waals surface area contributed by atoms with Crippen LogP contribution in [0.15, 0.2) is 34.9 Å². The third-order valence-electron chi connectivity index (χ3n) is 2.31. The van der Waals surface area contributed by atoms with Crippen LogP contribution in [0.2, 0.25) is 0 Å². The monoisotopic (exact) mass is 248 g/mol. The number of nitrogens with zero attached hydrogens (tertiary/aromatic N) is 1. The number of oxazole rings is 1. The molecule has 3 nitrogen and oxygen atoms in total. The molecule has 0 fully saturated rings. The number of nitrogens with two attached hydrogens (primary N) is 1. The van der Waals surface area contributed by atoms with Crippen LogP contribution >= 0.6 is 11.6 Å². The molecule has 0 aliphatic rings. The summed E-state index contributed by atoms with van der Waals surface area (Å²) < 4.78 is 5.23. The number of alkyl halides is 1. The van der Waals surface area contributed by atoms with Crippen LogP contribution in [-0.2, 0) is 12.4 Å². The third-order valence-corrected chi connectivity index (χ3v) is 2.59. The maximum Gasteiger partial charge on any atom is 0.218 e. The summed E-state index contributed by atoms with van der Waals surface area (Å²) in [7, 11) is 0. The van der Waals surface area contributed by atoms with Crippen LogP contribution in [0.5, 0.6) is 0 Å². The number of rotatable bonds is 4. The lowest BCUT2D eigenvalue weighted by atomic mass is 10.1. The van der Waals surface area contributed by atoms with Gasteiger partial charge in [-0.05, 0) is 17.2 Å². The minimum Gasteiger partial charge on any atom is -0.445 e. The third kappa shape index (κ3) is 3.19. The van der Waals surface area contributed by atoms with Crippen molar-refractivity contribution in [2.24, 2.45) is 5.73 Å². The second-order valence-electron chi connectivity index (χ2n) is 3.59. The summed E-state index contributed by atoms with van der Waals surface area (Å²) in [5, 5.41) is 0. The standard InChI is InChI=1S/C13H13ClN2O/c14-7-12-9-17-13(16-12)5-4-10-2-1-3-11(6-10)8-15/h1-6,9H,7-8,15H2/b5-4+. The molecule has 0 saturated heterocycles. The summed E-state index contributed by atoms with van der Waals surface area (Å²) in [6.07, 6.45) is 5.30. The van der Waals surface area contributed by atoms with E-state index in [1.54, 1.807) is 6.26 Å². The Morgan fingerprint density at radius 1 is 1.35 bits per heavy atom. The molecule has 2 N–H and O–H groups in total. The average Bonchev–Trinajstić information content (AvgIpc) is 2.84. The molecule has 2 aromatic rings. The van der Waals surface area contributed by atoms with Gasteiger partial charge in [-0.25, -0.2) is 4.98 Å². The first-order chi connectivity index (χ1) is 8.31. The Hall–Kier alpha value is -1.58. The maximum absolute atomic E-state index is 5.64. The first-order valence-electron chi connectivity index (χ1n) is 5.29. The van der Waals surface area contributed by atoms with E-state index >= 15 is 0 Å². The van der Waals surface area contributed by atoms with Crippen molar-refractivity contribution in [2.75, 3.05) is 0 Å². The van der Waals surface area contributed by atoms with Gasteiger partial charge in [0.15, 0.2) is 0 Å². The number of hydrogen-bond acceptors (Lipinski definition) is 3. The average molecular weight is 249 g/mol. The Morgan fingerprint density at radius 2 is 2.24 bits per heavy atom. The van der Waals surface area contributed by atoms with Gasteiger partial charge < -0.3 is 10.2 Å². The topological polar surface area (TPSA) is 52.0 Å². The fourth-order valence-corrected chi connectivity index (χ4v) is 1.57. The Bertz CT molecular complexity index is 520. The minimum atomic E-state index is 0.361. The second kappa shape index (κ2) is 5.66. The molecular formula is C13H13ClN2O. The summed E-state index contributed by atoms with van der Waals surface area (Å²) in [4.78, 5) is 4.18. The van der Waals surface area contributed by atoms with Crippen LogP contribution in [-0.4, -0.2) is 4.98 Å². The van der Waals surface area contributed by atoms with E-state index in [9.17, 15) is 0 Å². The molecule has 88 valence electrons. The highest BCUT2D eigenvalue weighted by atomic mass is 35.5. The van der Waals surface area contributed by atoms with Crippen LogP contribution in [0.25, 0.3) is 12.2 Å². The summed E-state index contributed by atoms with van der Waals surface area (Å²) in [5.74, 6) is 0.916. The van der Waals surface area contributed by atoms with E-state index in [0.717, 1.165) is 16.8 Å². The molecule has 0 spiro atoms. The molecule has 0 atom stereocenters. The first-order valence-corrected chi connectivity index (χ1v) is 5.82. The fourth-order valence-electron chi connectivity index (χ4n) is 1.45. The molecule has 0 aliphatic carbocycles. The highest BCUT2D eigenvalue weighted by Gasteiger charge is 1.98. The van der Waals surface area contributed by atoms with Gasteiger partial charge in [-0.15, -0.1) is 11.6 Å². The summed E-state index contributed by atoms with van der Waals surface area (Å²) >= 11 is 5.64. The maximum atomic E-state index is 5.64. The van der Waals surface area contributed by atoms with Gasteiger partial charge in [-0.1, -0.05) is 24.3 Å². The van der Waals surface area contributed by atoms with E-state index in [1.165, 1.54) is 0 Å². The molecule has 2 rings (SSSR count). The van der Waals surface area contributed by atoms with Crippen molar-refractivity contribution in [3.63, 3.8) is 0 Å². The van der Waals surface area contributed by atoms with Gasteiger partial charge in [0, 0.05) is 12.6 Å². The van der Waals surface area contributed by atoms with E-state index in [0.29, 0.717) is 18.3 Å². The molecule has 0 aliphatic heterocycles. The Labute approximate surface area is 105 Å². The SMILES string of the molecule is NCc1cccc(/C=C/c2nc(CCl)co2)c1. The quantitative estimate of drug-likeness (QED) is 0.846. The van der Waals surface area contributed by atoms with Crippen LogP contribution in [0, 0.1) is 0 Å². The van der Waals surface area contributed by atoms with Gasteiger partial charge in [-0.2, -0.15) is 0 Å². The molecule has 0 radical (unpaired) electrons. The van der Waals surface area contributed by atoms with Gasteiger partial charge in [0.2, 0.25) is 5.89 Å². The largest absolute Gasteiger partial charge is 0.445 e. The molecule has 17 heavy (non-hydrogen) atoms. The number of benzene rings is 1. The van der Waals surface area contributed by atoms with Gasteiger partial charge in [0.25, 0.3) is 0 Å². The van der Waals surface area contributed by atoms with E-state index in [4.69, 9.17) is 21.8 Å². The molecule has 1 aromatic carbocycles. The van der Waals surface area contributed by atoms with E-state index in [2.05, 4.69) is 4.98 Å². The normalized spacial score (nSPS) is 11.2. The molecule has 1 aromatic heterocycles. The smallest absolute Gasteiger partial charge is 0.218 e. The molecular weight excluding hydrogens is 236 g/mol. The first kappa shape index (κ1) is 11.9. The van der Waals surface area contributed by atoms with E-state index < -0.39 is 0 Å². The predicted octanol–water partition coefficient (Wildman–Crippen LogP) is 3.04. The van der Waals surface area contributed by atoms with Crippen molar-refractivity contribution in [1.29, 1.82) is 0 Å². The lowest BCUT2D eigenvalue weighted by Crippen LogP contribution is -1.95. The molecule has 1 heterocycles. The van der Waals surface area contributed by atoms with Crippen molar-refractivity contribution in [3.05, 3.63) is 53.2 Å². The zero-order valence-corrected chi connectivity index (χ0v) is 10.0. The summed E-state index contributed by atoms with van der Waals surface area (Å²) in [6, 6.07) is 8.00. The zero-order valence-electron chi connectivity index (χ0n) is 9.27. The fraction of sp³-hybridized carbons (Fsp3) is 0.154. The molecule has 0 saturated carbocycles. The minimum absolute atomic E-state index is 0.361. The lowest BCUT2D eigenvalue weighted by Gasteiger charge is -1.97. The van der Waals surface area contributed by atoms with Crippen molar-refractivity contribution < 1.29 is 4.42 Å². The number of aromatic nitrogens is 1. The van der Waals surface area contributed by atoms with Crippen molar-refractivity contribution >= 4 is 23.8 Å². The van der Waals surface area contributed by atoms with Crippen LogP contribution < -0.4 is 5.73 Å². The highest BCUT2D eigenvalue weighted by Crippen LogP contribution is 2.11. The molecule has 0 bridgehead atoms. The van der Waals surface area contributed by atoms with Gasteiger partial charge >= 0.3 is 0 Å². The Kier molecular flexibility index (Phi) is 3.96. The van der Waals surface area contributed by atoms with E-state index in [-0.39, 0.29) is 0 Å². The number of halogens is 1. The molecule has 0 amide bonds. The summed E-state index contributed by atoms with van der Waals surface area (Å²) in [5.41, 5.74) is 8.48. The van der Waals surface area contributed by atoms with Gasteiger partial charge in [-0.3, -0.25) is 0 Å². The highest BCUT2D eigenvalue weighted by molar-refractivity contribution is 6.16. The van der Waals surface area contributed by atoms with Crippen molar-refractivity contribution in [3.8, 4) is 0 Å². The molecule has 4 heteroatoms. The van der Waals surface area contributed by atoms with E-state index in [1.807, 2.05) is 36.4 Å². The predicted molar refractivity (Wildman–Crippen MR) is 69.3 cm³/mol. The van der Waals surface area contributed by atoms with Gasteiger partial charge in [0.1, 0.15) is 6.26 Å². The Balaban J connectivity index is 2.13. The second-order valence-corrected chi connectivity index (χ2v) is 3.86. The van der Waals surface area contributed by atoms with Crippen LogP contribution in [0.4, 0.5) is 0 Å². The van der Waals surface area contributed by atoms with Crippen LogP contribution in [0.1, 0.15) is 22.7 Å². The summed E-state index contributed by atoms with van der Waals surface area (Å²) in [6.45, 7) is 0.539.